The first-order valence-electron chi connectivity index (χ1n) is 8.18. The van der Waals surface area contributed by atoms with Crippen molar-refractivity contribution in [2.75, 3.05) is 7.05 Å². The third-order valence-corrected chi connectivity index (χ3v) is 4.54. The van der Waals surface area contributed by atoms with E-state index >= 15 is 0 Å². The molecular formula is C20H23NO2. The van der Waals surface area contributed by atoms with Gasteiger partial charge in [0.05, 0.1) is 6.04 Å². The lowest BCUT2D eigenvalue weighted by atomic mass is 9.86. The van der Waals surface area contributed by atoms with Crippen LogP contribution in [0.1, 0.15) is 41.1 Å². The summed E-state index contributed by atoms with van der Waals surface area (Å²) in [6, 6.07) is 16.4. The lowest BCUT2D eigenvalue weighted by Crippen LogP contribution is -2.33. The van der Waals surface area contributed by atoms with E-state index in [0.29, 0.717) is 6.61 Å². The molecule has 0 N–H and O–H groups in total. The number of carbonyl (C=O) groups is 1. The number of fused-ring (bicyclic) bond motifs is 1. The molecule has 0 aromatic heterocycles. The summed E-state index contributed by atoms with van der Waals surface area (Å²) in [6.07, 6.45) is 2.94. The van der Waals surface area contributed by atoms with Crippen LogP contribution >= 0.6 is 0 Å². The fourth-order valence-corrected chi connectivity index (χ4v) is 3.27. The van der Waals surface area contributed by atoms with Crippen molar-refractivity contribution >= 4 is 6.09 Å². The van der Waals surface area contributed by atoms with Gasteiger partial charge in [0.2, 0.25) is 0 Å². The Balaban J connectivity index is 1.68. The van der Waals surface area contributed by atoms with Crippen LogP contribution in [-0.2, 0) is 17.8 Å². The zero-order chi connectivity index (χ0) is 16.2. The summed E-state index contributed by atoms with van der Waals surface area (Å²) >= 11 is 0. The summed E-state index contributed by atoms with van der Waals surface area (Å²) in [4.78, 5) is 14.1. The summed E-state index contributed by atoms with van der Waals surface area (Å²) in [5, 5.41) is 0. The van der Waals surface area contributed by atoms with E-state index in [1.54, 1.807) is 4.90 Å². The minimum atomic E-state index is -0.257. The van der Waals surface area contributed by atoms with Crippen molar-refractivity contribution < 1.29 is 9.53 Å². The maximum absolute atomic E-state index is 12.4. The van der Waals surface area contributed by atoms with Gasteiger partial charge < -0.3 is 9.64 Å². The van der Waals surface area contributed by atoms with Gasteiger partial charge in [-0.15, -0.1) is 0 Å². The van der Waals surface area contributed by atoms with Crippen LogP contribution < -0.4 is 0 Å². The highest BCUT2D eigenvalue weighted by Crippen LogP contribution is 2.34. The van der Waals surface area contributed by atoms with Gasteiger partial charge in [-0.1, -0.05) is 54.1 Å². The SMILES string of the molecule is Cc1ccc2c(c1)CCCC2N(C)C(=O)OCc1ccccc1. The van der Waals surface area contributed by atoms with E-state index in [1.807, 2.05) is 37.4 Å². The molecule has 0 spiro atoms. The van der Waals surface area contributed by atoms with E-state index in [-0.39, 0.29) is 12.1 Å². The largest absolute Gasteiger partial charge is 0.445 e. The van der Waals surface area contributed by atoms with Crippen molar-refractivity contribution in [1.29, 1.82) is 0 Å². The van der Waals surface area contributed by atoms with Gasteiger partial charge in [0.15, 0.2) is 0 Å². The predicted octanol–water partition coefficient (Wildman–Crippen LogP) is 4.64. The molecule has 120 valence electrons. The molecule has 1 aliphatic rings. The van der Waals surface area contributed by atoms with E-state index in [1.165, 1.54) is 16.7 Å². The minimum absolute atomic E-state index is 0.114. The number of carbonyl (C=O) groups excluding carboxylic acids is 1. The van der Waals surface area contributed by atoms with E-state index in [4.69, 9.17) is 4.74 Å². The minimum Gasteiger partial charge on any atom is -0.445 e. The molecular weight excluding hydrogens is 286 g/mol. The molecule has 1 atom stereocenters. The van der Waals surface area contributed by atoms with Crippen molar-refractivity contribution in [2.24, 2.45) is 0 Å². The highest BCUT2D eigenvalue weighted by Gasteiger charge is 2.27. The Hall–Kier alpha value is -2.29. The first kappa shape index (κ1) is 15.6. The topological polar surface area (TPSA) is 29.5 Å². The van der Waals surface area contributed by atoms with Crippen LogP contribution in [0.3, 0.4) is 0 Å². The van der Waals surface area contributed by atoms with Crippen LogP contribution in [0.5, 0.6) is 0 Å². The average molecular weight is 309 g/mol. The van der Waals surface area contributed by atoms with Crippen LogP contribution in [0.4, 0.5) is 4.79 Å². The molecule has 3 rings (SSSR count). The third kappa shape index (κ3) is 3.55. The number of benzene rings is 2. The van der Waals surface area contributed by atoms with E-state index in [0.717, 1.165) is 24.8 Å². The molecule has 3 nitrogen and oxygen atoms in total. The number of hydrogen-bond donors (Lipinski definition) is 0. The zero-order valence-corrected chi connectivity index (χ0v) is 13.8. The molecule has 0 heterocycles. The first-order valence-corrected chi connectivity index (χ1v) is 8.18. The molecule has 23 heavy (non-hydrogen) atoms. The Bertz CT molecular complexity index is 681. The monoisotopic (exact) mass is 309 g/mol. The normalized spacial score (nSPS) is 16.5. The van der Waals surface area contributed by atoms with Crippen molar-refractivity contribution in [3.05, 3.63) is 70.8 Å². The van der Waals surface area contributed by atoms with Crippen molar-refractivity contribution in [1.82, 2.24) is 4.90 Å². The second-order valence-electron chi connectivity index (χ2n) is 6.26. The molecule has 1 amide bonds. The highest BCUT2D eigenvalue weighted by molar-refractivity contribution is 5.68. The molecule has 0 radical (unpaired) electrons. The summed E-state index contributed by atoms with van der Waals surface area (Å²) in [6.45, 7) is 2.43. The third-order valence-electron chi connectivity index (χ3n) is 4.54. The Morgan fingerprint density at radius 1 is 1.22 bits per heavy atom. The Kier molecular flexibility index (Phi) is 4.65. The van der Waals surface area contributed by atoms with Crippen LogP contribution in [0.25, 0.3) is 0 Å². The lowest BCUT2D eigenvalue weighted by Gasteiger charge is -2.32. The highest BCUT2D eigenvalue weighted by atomic mass is 16.6. The Labute approximate surface area is 137 Å². The van der Waals surface area contributed by atoms with Crippen LogP contribution in [-0.4, -0.2) is 18.0 Å². The summed E-state index contributed by atoms with van der Waals surface area (Å²) in [5.41, 5.74) is 4.91. The fourth-order valence-electron chi connectivity index (χ4n) is 3.27. The number of aryl methyl sites for hydroxylation is 2. The molecule has 0 fully saturated rings. The van der Waals surface area contributed by atoms with Gasteiger partial charge in [-0.2, -0.15) is 0 Å². The smallest absolute Gasteiger partial charge is 0.410 e. The van der Waals surface area contributed by atoms with Crippen LogP contribution in [0.15, 0.2) is 48.5 Å². The predicted molar refractivity (Wildman–Crippen MR) is 91.2 cm³/mol. The summed E-state index contributed by atoms with van der Waals surface area (Å²) in [7, 11) is 1.84. The second-order valence-corrected chi connectivity index (χ2v) is 6.26. The molecule has 0 saturated carbocycles. The summed E-state index contributed by atoms with van der Waals surface area (Å²) < 4.78 is 5.47. The van der Waals surface area contributed by atoms with Crippen LogP contribution in [0, 0.1) is 6.92 Å². The Morgan fingerprint density at radius 2 is 2.00 bits per heavy atom. The molecule has 1 unspecified atom stereocenters. The number of ether oxygens (including phenoxy) is 1. The first-order chi connectivity index (χ1) is 11.1. The number of hydrogen-bond acceptors (Lipinski definition) is 2. The number of amides is 1. The molecule has 0 aliphatic heterocycles. The van der Waals surface area contributed by atoms with Gasteiger partial charge in [0.1, 0.15) is 6.61 Å². The maximum atomic E-state index is 12.4. The average Bonchev–Trinajstić information content (AvgIpc) is 2.59. The quantitative estimate of drug-likeness (QED) is 0.826. The molecule has 2 aromatic rings. The molecule has 2 aromatic carbocycles. The number of nitrogens with zero attached hydrogens (tertiary/aromatic N) is 1. The standard InChI is InChI=1S/C20H23NO2/c1-15-11-12-18-17(13-15)9-6-10-19(18)21(2)20(22)23-14-16-7-4-3-5-8-16/h3-5,7-8,11-13,19H,6,9-10,14H2,1-2H3. The summed E-state index contributed by atoms with van der Waals surface area (Å²) in [5.74, 6) is 0. The van der Waals surface area contributed by atoms with Gasteiger partial charge in [-0.05, 0) is 42.9 Å². The molecule has 3 heteroatoms. The molecule has 0 bridgehead atoms. The van der Waals surface area contributed by atoms with Gasteiger partial charge >= 0.3 is 6.09 Å². The van der Waals surface area contributed by atoms with Gasteiger partial charge in [-0.25, -0.2) is 4.79 Å². The van der Waals surface area contributed by atoms with Crippen molar-refractivity contribution in [3.63, 3.8) is 0 Å². The zero-order valence-electron chi connectivity index (χ0n) is 13.8. The van der Waals surface area contributed by atoms with E-state index < -0.39 is 0 Å². The number of rotatable bonds is 3. The lowest BCUT2D eigenvalue weighted by molar-refractivity contribution is 0.0876. The van der Waals surface area contributed by atoms with Crippen molar-refractivity contribution in [2.45, 2.75) is 38.8 Å². The fraction of sp³-hybridized carbons (Fsp3) is 0.350. The van der Waals surface area contributed by atoms with Gasteiger partial charge in [-0.3, -0.25) is 0 Å². The van der Waals surface area contributed by atoms with E-state index in [9.17, 15) is 4.79 Å². The van der Waals surface area contributed by atoms with Gasteiger partial charge in [0.25, 0.3) is 0 Å². The second kappa shape index (κ2) is 6.86. The maximum Gasteiger partial charge on any atom is 0.410 e. The van der Waals surface area contributed by atoms with Crippen molar-refractivity contribution in [3.8, 4) is 0 Å². The van der Waals surface area contributed by atoms with Gasteiger partial charge in [0, 0.05) is 7.05 Å². The van der Waals surface area contributed by atoms with Crippen LogP contribution in [0.2, 0.25) is 0 Å². The molecule has 1 aliphatic carbocycles. The van der Waals surface area contributed by atoms with E-state index in [2.05, 4.69) is 25.1 Å². The molecule has 0 saturated heterocycles. The Morgan fingerprint density at radius 3 is 2.78 bits per heavy atom.